The van der Waals surface area contributed by atoms with Crippen LogP contribution in [0.4, 0.5) is 19.3 Å². The van der Waals surface area contributed by atoms with Gasteiger partial charge >= 0.3 is 6.09 Å². The molecular weight excluding hydrogens is 368 g/mol. The number of methoxy groups -OCH3 is 1. The average Bonchev–Trinajstić information content (AvgIpc) is 3.09. The van der Waals surface area contributed by atoms with E-state index in [9.17, 15) is 18.1 Å². The van der Waals surface area contributed by atoms with Crippen molar-refractivity contribution in [3.05, 3.63) is 29.3 Å². The normalized spacial score (nSPS) is 20.5. The van der Waals surface area contributed by atoms with E-state index in [0.717, 1.165) is 0 Å². The van der Waals surface area contributed by atoms with Gasteiger partial charge in [0.2, 0.25) is 0 Å². The Hall–Kier alpha value is -2.07. The van der Waals surface area contributed by atoms with E-state index >= 15 is 0 Å². The zero-order valence-electron chi connectivity index (χ0n) is 14.2. The van der Waals surface area contributed by atoms with Gasteiger partial charge in [-0.15, -0.1) is 0 Å². The van der Waals surface area contributed by atoms with E-state index in [4.69, 9.17) is 4.84 Å². The highest BCUT2D eigenvalue weighted by atomic mass is 32.2. The number of amides is 1. The quantitative estimate of drug-likeness (QED) is 0.789. The summed E-state index contributed by atoms with van der Waals surface area (Å²) in [5, 5.41) is 6.35. The summed E-state index contributed by atoms with van der Waals surface area (Å²) in [5.74, 6) is -0.579. The molecule has 3 rings (SSSR count). The van der Waals surface area contributed by atoms with Crippen molar-refractivity contribution >= 4 is 28.7 Å². The molecule has 26 heavy (non-hydrogen) atoms. The lowest BCUT2D eigenvalue weighted by molar-refractivity contribution is 0.0827. The number of rotatable bonds is 4. The second-order valence-corrected chi connectivity index (χ2v) is 7.66. The summed E-state index contributed by atoms with van der Waals surface area (Å²) in [6.07, 6.45) is -0.705. The Morgan fingerprint density at radius 2 is 2.08 bits per heavy atom. The van der Waals surface area contributed by atoms with Crippen molar-refractivity contribution in [1.82, 2.24) is 5.32 Å². The van der Waals surface area contributed by atoms with Crippen LogP contribution in [0, 0.1) is 11.6 Å². The molecule has 0 bridgehead atoms. The van der Waals surface area contributed by atoms with E-state index in [1.807, 2.05) is 0 Å². The molecule has 1 saturated heterocycles. The Morgan fingerprint density at radius 1 is 1.42 bits per heavy atom. The van der Waals surface area contributed by atoms with Gasteiger partial charge in [0.05, 0.1) is 32.5 Å². The van der Waals surface area contributed by atoms with Gasteiger partial charge in [-0.05, 0) is 12.1 Å². The smallest absolute Gasteiger partial charge is 0.406 e. The van der Waals surface area contributed by atoms with Crippen molar-refractivity contribution in [2.24, 2.45) is 5.16 Å². The number of benzene rings is 1. The van der Waals surface area contributed by atoms with Crippen molar-refractivity contribution in [2.45, 2.75) is 12.5 Å². The van der Waals surface area contributed by atoms with Crippen molar-refractivity contribution < 1.29 is 27.7 Å². The van der Waals surface area contributed by atoms with Crippen LogP contribution < -0.4 is 10.2 Å². The molecule has 0 aromatic heterocycles. The number of anilines is 1. The lowest BCUT2D eigenvalue weighted by Crippen LogP contribution is -2.41. The molecule has 1 unspecified atom stereocenters. The predicted molar refractivity (Wildman–Crippen MR) is 92.9 cm³/mol. The molecule has 2 aliphatic rings. The number of nitrogens with one attached hydrogen (secondary N) is 1. The van der Waals surface area contributed by atoms with Gasteiger partial charge in [0, 0.05) is 12.0 Å². The number of ether oxygens (including phenoxy) is 1. The van der Waals surface area contributed by atoms with Gasteiger partial charge in [-0.3, -0.25) is 0 Å². The van der Waals surface area contributed by atoms with Gasteiger partial charge < -0.3 is 24.3 Å². The van der Waals surface area contributed by atoms with Gasteiger partial charge in [0.15, 0.2) is 6.10 Å². The van der Waals surface area contributed by atoms with Crippen molar-refractivity contribution in [2.75, 3.05) is 43.1 Å². The van der Waals surface area contributed by atoms with Crippen LogP contribution in [0.2, 0.25) is 0 Å². The number of oxime groups is 1. The van der Waals surface area contributed by atoms with Gasteiger partial charge in [-0.1, -0.05) is 16.3 Å². The molecule has 0 aliphatic carbocycles. The summed E-state index contributed by atoms with van der Waals surface area (Å²) in [6, 6.07) is 2.45. The van der Waals surface area contributed by atoms with Crippen LogP contribution in [0.5, 0.6) is 0 Å². The Labute approximate surface area is 152 Å². The van der Waals surface area contributed by atoms with Gasteiger partial charge in [0.25, 0.3) is 0 Å². The summed E-state index contributed by atoms with van der Waals surface area (Å²) >= 11 is -0.926. The van der Waals surface area contributed by atoms with Crippen LogP contribution in [0.3, 0.4) is 0 Å². The summed E-state index contributed by atoms with van der Waals surface area (Å²) in [7, 11) is 1.25. The molecule has 1 aromatic rings. The summed E-state index contributed by atoms with van der Waals surface area (Å²) in [4.78, 5) is 17.8. The SMILES string of the molecule is COC(=O)NCC1CC(c2cc(F)c(N3CC[S+]([O-])CC3)c(F)c2)=NO1. The highest BCUT2D eigenvalue weighted by molar-refractivity contribution is 7.91. The first-order valence-electron chi connectivity index (χ1n) is 8.11. The van der Waals surface area contributed by atoms with E-state index in [1.165, 1.54) is 19.2 Å². The highest BCUT2D eigenvalue weighted by Gasteiger charge is 2.28. The van der Waals surface area contributed by atoms with Crippen molar-refractivity contribution in [3.63, 3.8) is 0 Å². The molecular formula is C16H19F2N3O4S. The molecule has 142 valence electrons. The minimum absolute atomic E-state index is 0.103. The molecule has 2 heterocycles. The van der Waals surface area contributed by atoms with Gasteiger partial charge in [0.1, 0.15) is 28.8 Å². The zero-order chi connectivity index (χ0) is 18.7. The van der Waals surface area contributed by atoms with Crippen LogP contribution >= 0.6 is 0 Å². The molecule has 0 radical (unpaired) electrons. The molecule has 0 saturated carbocycles. The minimum Gasteiger partial charge on any atom is -0.616 e. The fourth-order valence-electron chi connectivity index (χ4n) is 2.87. The Morgan fingerprint density at radius 3 is 2.69 bits per heavy atom. The number of hydrogen-bond donors (Lipinski definition) is 1. The van der Waals surface area contributed by atoms with Crippen LogP contribution in [0.25, 0.3) is 0 Å². The molecule has 0 spiro atoms. The number of carbonyl (C=O) groups is 1. The first-order chi connectivity index (χ1) is 12.5. The van der Waals surface area contributed by atoms with Gasteiger partial charge in [-0.25, -0.2) is 13.6 Å². The molecule has 10 heteroatoms. The van der Waals surface area contributed by atoms with E-state index in [-0.39, 0.29) is 12.2 Å². The molecule has 1 N–H and O–H groups in total. The average molecular weight is 387 g/mol. The van der Waals surface area contributed by atoms with Crippen LogP contribution in [0.1, 0.15) is 12.0 Å². The Bertz CT molecular complexity index is 688. The second kappa shape index (κ2) is 8.09. The predicted octanol–water partition coefficient (Wildman–Crippen LogP) is 1.38. The first-order valence-corrected chi connectivity index (χ1v) is 9.60. The highest BCUT2D eigenvalue weighted by Crippen LogP contribution is 2.28. The van der Waals surface area contributed by atoms with E-state index in [0.29, 0.717) is 42.3 Å². The van der Waals surface area contributed by atoms with Crippen LogP contribution in [0.15, 0.2) is 17.3 Å². The lowest BCUT2D eigenvalue weighted by Gasteiger charge is -2.30. The largest absolute Gasteiger partial charge is 0.616 e. The van der Waals surface area contributed by atoms with E-state index < -0.39 is 35.0 Å². The third-order valence-corrected chi connectivity index (χ3v) is 5.51. The number of hydrogen-bond acceptors (Lipinski definition) is 6. The summed E-state index contributed by atoms with van der Waals surface area (Å²) in [6.45, 7) is 0.879. The third-order valence-electron chi connectivity index (χ3n) is 4.24. The molecule has 1 amide bonds. The van der Waals surface area contributed by atoms with Crippen LogP contribution in [-0.2, 0) is 20.8 Å². The monoisotopic (exact) mass is 387 g/mol. The fourth-order valence-corrected chi connectivity index (χ4v) is 3.93. The summed E-state index contributed by atoms with van der Waals surface area (Å²) in [5.41, 5.74) is 0.601. The second-order valence-electron chi connectivity index (χ2n) is 5.97. The Balaban J connectivity index is 1.68. The standard InChI is InChI=1S/C16H19F2N3O4S/c1-24-16(22)19-9-11-8-14(20-25-11)10-6-12(17)15(13(18)7-10)21-2-4-26(23)5-3-21/h6-7,11H,2-5,8-9H2,1H3,(H,19,22). The maximum atomic E-state index is 14.5. The topological polar surface area (TPSA) is 86.2 Å². The maximum absolute atomic E-state index is 14.5. The molecule has 2 aliphatic heterocycles. The number of halogens is 2. The number of nitrogens with zero attached hydrogens (tertiary/aromatic N) is 2. The third kappa shape index (κ3) is 4.18. The first kappa shape index (κ1) is 18.7. The number of carbonyl (C=O) groups excluding carboxylic acids is 1. The minimum atomic E-state index is -0.926. The van der Waals surface area contributed by atoms with Crippen molar-refractivity contribution in [1.29, 1.82) is 0 Å². The van der Waals surface area contributed by atoms with E-state index in [1.54, 1.807) is 4.90 Å². The molecule has 1 fully saturated rings. The number of alkyl carbamates (subject to hydrolysis) is 1. The molecule has 7 nitrogen and oxygen atoms in total. The van der Waals surface area contributed by atoms with Crippen LogP contribution in [-0.4, -0.2) is 60.7 Å². The van der Waals surface area contributed by atoms with Crippen molar-refractivity contribution in [3.8, 4) is 0 Å². The Kier molecular flexibility index (Phi) is 5.82. The maximum Gasteiger partial charge on any atom is 0.406 e. The lowest BCUT2D eigenvalue weighted by atomic mass is 10.0. The fraction of sp³-hybridized carbons (Fsp3) is 0.500. The van der Waals surface area contributed by atoms with Gasteiger partial charge in [-0.2, -0.15) is 0 Å². The molecule has 1 atom stereocenters. The van der Waals surface area contributed by atoms with E-state index in [2.05, 4.69) is 15.2 Å². The molecule has 1 aromatic carbocycles. The summed E-state index contributed by atoms with van der Waals surface area (Å²) < 4.78 is 44.9. The zero-order valence-corrected chi connectivity index (χ0v) is 15.0.